The first-order valence-electron chi connectivity index (χ1n) is 14.8. The molecular weight excluding hydrogens is 595 g/mol. The van der Waals surface area contributed by atoms with Crippen LogP contribution in [-0.4, -0.2) is 65.1 Å². The number of hydrogen-bond acceptors (Lipinski definition) is 7. The highest BCUT2D eigenvalue weighted by atomic mass is 35.5. The molecule has 6 atom stereocenters. The van der Waals surface area contributed by atoms with Gasteiger partial charge in [0, 0.05) is 30.3 Å². The minimum absolute atomic E-state index is 0.00725. The molecule has 11 heteroatoms. The lowest BCUT2D eigenvalue weighted by Gasteiger charge is -2.32. The van der Waals surface area contributed by atoms with Gasteiger partial charge in [-0.1, -0.05) is 57.5 Å². The number of aliphatic hydroxyl groups excluding tert-OH is 1. The Morgan fingerprint density at radius 3 is 2.40 bits per heavy atom. The molecule has 0 fully saturated rings. The number of alkyl halides is 1. The van der Waals surface area contributed by atoms with Crippen molar-refractivity contribution in [1.82, 2.24) is 10.6 Å². The second-order valence-corrected chi connectivity index (χ2v) is 13.3. The summed E-state index contributed by atoms with van der Waals surface area (Å²) >= 11 is 12.6. The van der Waals surface area contributed by atoms with Gasteiger partial charge in [0.05, 0.1) is 16.9 Å². The number of benzene rings is 1. The number of halogens is 2. The third kappa shape index (κ3) is 11.1. The van der Waals surface area contributed by atoms with Crippen LogP contribution in [0.25, 0.3) is 0 Å². The van der Waals surface area contributed by atoms with Gasteiger partial charge in [-0.2, -0.15) is 0 Å². The molecule has 9 nitrogen and oxygen atoms in total. The molecule has 2 amide bonds. The van der Waals surface area contributed by atoms with Crippen molar-refractivity contribution in [3.8, 4) is 0 Å². The van der Waals surface area contributed by atoms with Crippen molar-refractivity contribution in [3.63, 3.8) is 0 Å². The van der Waals surface area contributed by atoms with Crippen LogP contribution in [0.15, 0.2) is 30.4 Å². The predicted octanol–water partition coefficient (Wildman–Crippen LogP) is 4.66. The molecule has 0 bridgehead atoms. The van der Waals surface area contributed by atoms with Gasteiger partial charge in [-0.3, -0.25) is 14.4 Å². The maximum Gasteiger partial charge on any atom is 0.347 e. The van der Waals surface area contributed by atoms with Crippen molar-refractivity contribution in [2.24, 2.45) is 17.3 Å². The van der Waals surface area contributed by atoms with Gasteiger partial charge in [-0.25, -0.2) is 4.79 Å². The zero-order valence-electron chi connectivity index (χ0n) is 26.1. The quantitative estimate of drug-likeness (QED) is 0.278. The van der Waals surface area contributed by atoms with Crippen LogP contribution in [0.4, 0.5) is 0 Å². The highest BCUT2D eigenvalue weighted by Gasteiger charge is 2.38. The third-order valence-corrected chi connectivity index (χ3v) is 8.53. The lowest BCUT2D eigenvalue weighted by atomic mass is 9.92. The summed E-state index contributed by atoms with van der Waals surface area (Å²) < 4.78 is 11.5. The molecule has 1 aliphatic rings. The van der Waals surface area contributed by atoms with E-state index in [1.54, 1.807) is 26.8 Å². The molecule has 0 aromatic heterocycles. The fraction of sp³-hybridized carbons (Fsp3) is 0.625. The van der Waals surface area contributed by atoms with E-state index in [9.17, 15) is 24.3 Å². The summed E-state index contributed by atoms with van der Waals surface area (Å²) in [5.41, 5.74) is 0.413. The average Bonchev–Trinajstić information content (AvgIpc) is 2.94. The molecule has 3 N–H and O–H groups in total. The van der Waals surface area contributed by atoms with Crippen molar-refractivity contribution < 1.29 is 33.8 Å². The van der Waals surface area contributed by atoms with Crippen LogP contribution in [0.1, 0.15) is 71.9 Å². The molecule has 1 aromatic carbocycles. The number of rotatable bonds is 8. The first kappa shape index (κ1) is 36.6. The lowest BCUT2D eigenvalue weighted by Crippen LogP contribution is -2.51. The largest absolute Gasteiger partial charge is 0.459 e. The van der Waals surface area contributed by atoms with Crippen LogP contribution < -0.4 is 10.6 Å². The number of aliphatic hydroxyl groups is 1. The number of carbonyl (C=O) groups excluding carboxylic acids is 4. The molecule has 0 spiro atoms. The maximum atomic E-state index is 13.4. The van der Waals surface area contributed by atoms with Crippen molar-refractivity contribution in [1.29, 1.82) is 0 Å². The molecule has 1 aliphatic heterocycles. The summed E-state index contributed by atoms with van der Waals surface area (Å²) in [4.78, 5) is 52.9. The van der Waals surface area contributed by atoms with Crippen molar-refractivity contribution >= 4 is 47.0 Å². The molecule has 0 radical (unpaired) electrons. The highest BCUT2D eigenvalue weighted by Crippen LogP contribution is 2.26. The van der Waals surface area contributed by atoms with Gasteiger partial charge in [0.25, 0.3) is 0 Å². The molecule has 1 heterocycles. The Labute approximate surface area is 265 Å². The monoisotopic (exact) mass is 640 g/mol. The molecule has 43 heavy (non-hydrogen) atoms. The van der Waals surface area contributed by atoms with Crippen molar-refractivity contribution in [3.05, 3.63) is 46.5 Å². The van der Waals surface area contributed by atoms with Crippen LogP contribution in [0.3, 0.4) is 0 Å². The predicted molar refractivity (Wildman–Crippen MR) is 167 cm³/mol. The SMILES string of the molecule is CC[C@H](Cl)[C@H](O)[C@@H](C)[C@@H]1C/C=C/C(=O)NC(Cc2ccc(C)c(Cl)c2)C(=O)NCC(C)(C)C(=O)O[C@@H](CC(C)C)C(=O)O1. The number of carbonyl (C=O) groups is 4. The Bertz CT molecular complexity index is 1170. The number of esters is 2. The standard InChI is InChI=1S/C32H46Cl2N2O7/c1-8-22(33)28(38)20(5)25-10-9-11-27(37)36-24(16-21-13-12-19(4)23(34)15-21)29(39)35-17-32(6,7)31(41)43-26(14-18(2)3)30(40)42-25/h9,11-13,15,18,20,22,24-26,28,38H,8,10,14,16-17H2,1-7H3,(H,35,39)(H,36,37)/b11-9+/t20-,22-,24?,25-,26-,28+/m0/s1. The summed E-state index contributed by atoms with van der Waals surface area (Å²) in [6, 6.07) is 4.44. The number of cyclic esters (lactones) is 2. The van der Waals surface area contributed by atoms with E-state index in [1.807, 2.05) is 39.8 Å². The van der Waals surface area contributed by atoms with Crippen LogP contribution in [0.5, 0.6) is 0 Å². The van der Waals surface area contributed by atoms with E-state index in [1.165, 1.54) is 12.2 Å². The van der Waals surface area contributed by atoms with Gasteiger partial charge in [0.2, 0.25) is 11.8 Å². The highest BCUT2D eigenvalue weighted by molar-refractivity contribution is 6.31. The van der Waals surface area contributed by atoms with Gasteiger partial charge in [-0.05, 0) is 62.8 Å². The van der Waals surface area contributed by atoms with Gasteiger partial charge in [0.1, 0.15) is 12.1 Å². The Hall–Kier alpha value is -2.62. The Balaban J connectivity index is 2.46. The van der Waals surface area contributed by atoms with Crippen LogP contribution in [0, 0.1) is 24.2 Å². The second kappa shape index (κ2) is 16.5. The van der Waals surface area contributed by atoms with Gasteiger partial charge >= 0.3 is 11.9 Å². The third-order valence-electron chi connectivity index (χ3n) is 7.55. The second-order valence-electron chi connectivity index (χ2n) is 12.4. The normalized spacial score (nSPS) is 25.1. The number of ether oxygens (including phenoxy) is 2. The van der Waals surface area contributed by atoms with Crippen LogP contribution in [-0.2, 0) is 35.1 Å². The van der Waals surface area contributed by atoms with Crippen LogP contribution >= 0.6 is 23.2 Å². The summed E-state index contributed by atoms with van der Waals surface area (Å²) in [5.74, 6) is -3.09. The first-order valence-corrected chi connectivity index (χ1v) is 15.6. The number of amides is 2. The summed E-state index contributed by atoms with van der Waals surface area (Å²) in [5, 5.41) is 16.2. The molecule has 240 valence electrons. The topological polar surface area (TPSA) is 131 Å². The number of hydrogen-bond donors (Lipinski definition) is 3. The molecule has 1 unspecified atom stereocenters. The molecule has 0 saturated heterocycles. The van der Waals surface area contributed by atoms with Gasteiger partial charge in [-0.15, -0.1) is 11.6 Å². The molecular formula is C32H46Cl2N2O7. The van der Waals surface area contributed by atoms with E-state index >= 15 is 0 Å². The fourth-order valence-electron chi connectivity index (χ4n) is 4.54. The Morgan fingerprint density at radius 2 is 1.79 bits per heavy atom. The van der Waals surface area contributed by atoms with E-state index in [2.05, 4.69) is 10.6 Å². The van der Waals surface area contributed by atoms with Gasteiger partial charge < -0.3 is 25.2 Å². The summed E-state index contributed by atoms with van der Waals surface area (Å²) in [6.45, 7) is 12.3. The van der Waals surface area contributed by atoms with E-state index in [0.29, 0.717) is 11.4 Å². The fourth-order valence-corrected chi connectivity index (χ4v) is 4.97. The van der Waals surface area contributed by atoms with E-state index in [-0.39, 0.29) is 31.7 Å². The summed E-state index contributed by atoms with van der Waals surface area (Å²) in [7, 11) is 0. The minimum atomic E-state index is -1.21. The van der Waals surface area contributed by atoms with Crippen molar-refractivity contribution in [2.75, 3.05) is 6.54 Å². The van der Waals surface area contributed by atoms with E-state index in [0.717, 1.165) is 11.1 Å². The maximum absolute atomic E-state index is 13.4. The van der Waals surface area contributed by atoms with E-state index < -0.39 is 64.8 Å². The smallest absolute Gasteiger partial charge is 0.347 e. The Morgan fingerprint density at radius 1 is 1.12 bits per heavy atom. The number of nitrogens with one attached hydrogen (secondary N) is 2. The molecule has 0 aliphatic carbocycles. The van der Waals surface area contributed by atoms with Crippen LogP contribution in [0.2, 0.25) is 5.02 Å². The molecule has 2 rings (SSSR count). The zero-order valence-corrected chi connectivity index (χ0v) is 27.6. The Kier molecular flexibility index (Phi) is 14.0. The first-order chi connectivity index (χ1) is 20.0. The lowest BCUT2D eigenvalue weighted by molar-refractivity contribution is -0.180. The van der Waals surface area contributed by atoms with E-state index in [4.69, 9.17) is 32.7 Å². The molecule has 0 saturated carbocycles. The summed E-state index contributed by atoms with van der Waals surface area (Å²) in [6.07, 6.45) is 0.635. The van der Waals surface area contributed by atoms with Crippen molar-refractivity contribution in [2.45, 2.75) is 104 Å². The average molecular weight is 642 g/mol. The van der Waals surface area contributed by atoms with Gasteiger partial charge in [0.15, 0.2) is 6.10 Å². The molecule has 1 aromatic rings. The minimum Gasteiger partial charge on any atom is -0.459 e. The number of aryl methyl sites for hydroxylation is 1. The zero-order chi connectivity index (χ0) is 32.5.